The molecule has 11 heteroatoms. The van der Waals surface area contributed by atoms with Crippen molar-refractivity contribution in [1.82, 2.24) is 9.55 Å². The van der Waals surface area contributed by atoms with E-state index in [1.54, 1.807) is 0 Å². The standard InChI is InChI=1S/C25H39ClFN3O6/c1-3-5-7-9-11-13-19(31)34-17-25(26)22(35-20(32)14-12-10-8-6-4-2)21(27)23(36-25)30-16-15-18(28)29-24(30)33/h15-16,21-23H,3-14,17H2,1-2H3,(H2,28,29,33). The molecule has 36 heavy (non-hydrogen) atoms. The molecule has 0 aliphatic carbocycles. The van der Waals surface area contributed by atoms with Gasteiger partial charge in [-0.15, -0.1) is 0 Å². The van der Waals surface area contributed by atoms with Gasteiger partial charge in [0, 0.05) is 19.0 Å². The highest BCUT2D eigenvalue weighted by molar-refractivity contribution is 6.24. The van der Waals surface area contributed by atoms with E-state index in [4.69, 9.17) is 31.5 Å². The van der Waals surface area contributed by atoms with Crippen LogP contribution in [-0.4, -0.2) is 45.4 Å². The Morgan fingerprint density at radius 1 is 1.08 bits per heavy atom. The van der Waals surface area contributed by atoms with Crippen LogP contribution in [0.2, 0.25) is 0 Å². The zero-order valence-corrected chi connectivity index (χ0v) is 22.0. The van der Waals surface area contributed by atoms with Gasteiger partial charge in [0.25, 0.3) is 0 Å². The molecule has 0 aromatic carbocycles. The molecule has 1 aliphatic heterocycles. The van der Waals surface area contributed by atoms with E-state index in [0.29, 0.717) is 12.8 Å². The van der Waals surface area contributed by atoms with Crippen LogP contribution in [0, 0.1) is 0 Å². The lowest BCUT2D eigenvalue weighted by molar-refractivity contribution is -0.164. The Balaban J connectivity index is 2.07. The van der Waals surface area contributed by atoms with E-state index in [-0.39, 0.29) is 18.7 Å². The number of carbonyl (C=O) groups is 2. The molecule has 204 valence electrons. The summed E-state index contributed by atoms with van der Waals surface area (Å²) in [7, 11) is 0. The molecule has 2 N–H and O–H groups in total. The summed E-state index contributed by atoms with van der Waals surface area (Å²) in [4.78, 5) is 40.6. The van der Waals surface area contributed by atoms with Crippen molar-refractivity contribution in [2.45, 2.75) is 114 Å². The van der Waals surface area contributed by atoms with Gasteiger partial charge in [-0.05, 0) is 18.9 Å². The molecule has 2 rings (SSSR count). The lowest BCUT2D eigenvalue weighted by Crippen LogP contribution is -2.44. The van der Waals surface area contributed by atoms with Crippen LogP contribution in [0.25, 0.3) is 0 Å². The van der Waals surface area contributed by atoms with Crippen molar-refractivity contribution in [3.63, 3.8) is 0 Å². The van der Waals surface area contributed by atoms with Crippen molar-refractivity contribution >= 4 is 29.4 Å². The molecule has 1 aliphatic rings. The molecule has 1 saturated heterocycles. The maximum Gasteiger partial charge on any atom is 0.351 e. The van der Waals surface area contributed by atoms with Gasteiger partial charge in [-0.1, -0.05) is 76.8 Å². The Hall–Kier alpha value is -2.20. The summed E-state index contributed by atoms with van der Waals surface area (Å²) in [6.45, 7) is 3.64. The molecule has 0 bridgehead atoms. The van der Waals surface area contributed by atoms with Gasteiger partial charge >= 0.3 is 17.6 Å². The third-order valence-electron chi connectivity index (χ3n) is 6.09. The average Bonchev–Trinajstić information content (AvgIpc) is 3.08. The molecular weight excluding hydrogens is 493 g/mol. The first-order valence-corrected chi connectivity index (χ1v) is 13.3. The van der Waals surface area contributed by atoms with Crippen LogP contribution < -0.4 is 11.4 Å². The second-order valence-electron chi connectivity index (χ2n) is 9.18. The number of ether oxygens (including phenoxy) is 3. The summed E-state index contributed by atoms with van der Waals surface area (Å²) in [6.07, 6.45) is 5.67. The number of nitrogen functional groups attached to an aromatic ring is 1. The van der Waals surface area contributed by atoms with Crippen molar-refractivity contribution in [3.8, 4) is 0 Å². The third kappa shape index (κ3) is 9.03. The van der Waals surface area contributed by atoms with Gasteiger partial charge in [-0.3, -0.25) is 14.2 Å². The molecule has 0 radical (unpaired) electrons. The van der Waals surface area contributed by atoms with Crippen molar-refractivity contribution in [2.75, 3.05) is 12.3 Å². The number of hydrogen-bond acceptors (Lipinski definition) is 8. The van der Waals surface area contributed by atoms with E-state index in [2.05, 4.69) is 18.8 Å². The van der Waals surface area contributed by atoms with E-state index in [1.807, 2.05) is 0 Å². The number of nitrogens with two attached hydrogens (primary N) is 1. The molecule has 1 aromatic heterocycles. The number of unbranched alkanes of at least 4 members (excludes halogenated alkanes) is 8. The van der Waals surface area contributed by atoms with Gasteiger partial charge in [-0.2, -0.15) is 4.98 Å². The highest BCUT2D eigenvalue weighted by Gasteiger charge is 2.59. The topological polar surface area (TPSA) is 123 Å². The van der Waals surface area contributed by atoms with E-state index < -0.39 is 47.8 Å². The lowest BCUT2D eigenvalue weighted by atomic mass is 10.1. The van der Waals surface area contributed by atoms with Crippen LogP contribution >= 0.6 is 11.6 Å². The van der Waals surface area contributed by atoms with Crippen LogP contribution in [0.1, 0.15) is 97.1 Å². The summed E-state index contributed by atoms with van der Waals surface area (Å²) in [6, 6.07) is 1.31. The minimum absolute atomic E-state index is 0.0410. The first kappa shape index (κ1) is 30.0. The summed E-state index contributed by atoms with van der Waals surface area (Å²) < 4.78 is 32.8. The third-order valence-corrected chi connectivity index (χ3v) is 6.50. The Bertz CT molecular complexity index is 901. The predicted molar refractivity (Wildman–Crippen MR) is 134 cm³/mol. The predicted octanol–water partition coefficient (Wildman–Crippen LogP) is 4.80. The van der Waals surface area contributed by atoms with Gasteiger partial charge < -0.3 is 19.9 Å². The molecule has 9 nitrogen and oxygen atoms in total. The second kappa shape index (κ2) is 15.1. The second-order valence-corrected chi connectivity index (χ2v) is 9.82. The first-order chi connectivity index (χ1) is 17.2. The first-order valence-electron chi connectivity index (χ1n) is 12.9. The van der Waals surface area contributed by atoms with Crippen LogP contribution in [0.4, 0.5) is 10.2 Å². The fraction of sp³-hybridized carbons (Fsp3) is 0.760. The van der Waals surface area contributed by atoms with Crippen LogP contribution in [-0.2, 0) is 23.8 Å². The minimum atomic E-state index is -2.01. The summed E-state index contributed by atoms with van der Waals surface area (Å²) in [5, 5.41) is -2.01. The highest BCUT2D eigenvalue weighted by atomic mass is 35.5. The molecule has 0 spiro atoms. The number of alkyl halides is 2. The molecule has 2 heterocycles. The maximum absolute atomic E-state index is 15.6. The largest absolute Gasteiger partial charge is 0.461 e. The van der Waals surface area contributed by atoms with E-state index >= 15 is 4.39 Å². The number of nitrogens with zero attached hydrogens (tertiary/aromatic N) is 2. The Labute approximate surface area is 216 Å². The normalized spacial score (nSPS) is 23.5. The van der Waals surface area contributed by atoms with E-state index in [9.17, 15) is 14.4 Å². The Morgan fingerprint density at radius 2 is 1.67 bits per heavy atom. The monoisotopic (exact) mass is 531 g/mol. The van der Waals surface area contributed by atoms with Gasteiger partial charge in [-0.25, -0.2) is 9.18 Å². The quantitative estimate of drug-likeness (QED) is 0.183. The average molecular weight is 532 g/mol. The molecule has 0 amide bonds. The highest BCUT2D eigenvalue weighted by Crippen LogP contribution is 2.43. The summed E-state index contributed by atoms with van der Waals surface area (Å²) in [5.74, 6) is -1.19. The number of aromatic nitrogens is 2. The number of halogens is 2. The molecular formula is C25H39ClFN3O6. The zero-order valence-electron chi connectivity index (χ0n) is 21.3. The number of esters is 2. The van der Waals surface area contributed by atoms with Crippen LogP contribution in [0.15, 0.2) is 17.1 Å². The molecule has 4 atom stereocenters. The fourth-order valence-corrected chi connectivity index (χ4v) is 4.33. The molecule has 1 fully saturated rings. The summed E-state index contributed by atoms with van der Waals surface area (Å²) >= 11 is 6.58. The van der Waals surface area contributed by atoms with Crippen LogP contribution in [0.5, 0.6) is 0 Å². The Morgan fingerprint density at radius 3 is 2.25 bits per heavy atom. The molecule has 1 aromatic rings. The zero-order chi connectivity index (χ0) is 26.6. The van der Waals surface area contributed by atoms with Gasteiger partial charge in [0.15, 0.2) is 18.5 Å². The molecule has 4 unspecified atom stereocenters. The number of hydrogen-bond donors (Lipinski definition) is 1. The fourth-order valence-electron chi connectivity index (χ4n) is 4.02. The summed E-state index contributed by atoms with van der Waals surface area (Å²) in [5.41, 5.74) is 4.67. The lowest BCUT2D eigenvalue weighted by Gasteiger charge is -2.27. The van der Waals surface area contributed by atoms with Crippen molar-refractivity contribution < 1.29 is 28.2 Å². The number of rotatable bonds is 16. The van der Waals surface area contributed by atoms with Crippen LogP contribution in [0.3, 0.4) is 0 Å². The maximum atomic E-state index is 15.6. The van der Waals surface area contributed by atoms with E-state index in [1.165, 1.54) is 12.3 Å². The van der Waals surface area contributed by atoms with Crippen molar-refractivity contribution in [1.29, 1.82) is 0 Å². The van der Waals surface area contributed by atoms with Gasteiger partial charge in [0.1, 0.15) is 12.4 Å². The minimum Gasteiger partial charge on any atom is -0.461 e. The number of anilines is 1. The van der Waals surface area contributed by atoms with Gasteiger partial charge in [0.2, 0.25) is 5.06 Å². The molecule has 0 saturated carbocycles. The van der Waals surface area contributed by atoms with Crippen molar-refractivity contribution in [3.05, 3.63) is 22.7 Å². The SMILES string of the molecule is CCCCCCCC(=O)OCC1(Cl)OC(n2ccc(N)nc2=O)C(F)C1OC(=O)CCCCCCC. The van der Waals surface area contributed by atoms with Crippen molar-refractivity contribution in [2.24, 2.45) is 0 Å². The van der Waals surface area contributed by atoms with Gasteiger partial charge in [0.05, 0.1) is 0 Å². The van der Waals surface area contributed by atoms with E-state index in [0.717, 1.165) is 55.9 Å². The Kier molecular flexibility index (Phi) is 12.6. The number of carbonyl (C=O) groups excluding carboxylic acids is 2. The smallest absolute Gasteiger partial charge is 0.351 e.